The van der Waals surface area contributed by atoms with Crippen LogP contribution in [0.3, 0.4) is 0 Å². The lowest BCUT2D eigenvalue weighted by atomic mass is 10.1. The second-order valence-electron chi connectivity index (χ2n) is 4.70. The van der Waals surface area contributed by atoms with Crippen LogP contribution in [0.5, 0.6) is 0 Å². The molecular weight excluding hydrogens is 376 g/mol. The molecule has 5 nitrogen and oxygen atoms in total. The number of hydrogen-bond donors (Lipinski definition) is 1. The SMILES string of the molecule is NC(Cc1nc(-c2ncc(Br)cc2Br)no1)C1CC1. The zero-order valence-electron chi connectivity index (χ0n) is 10.0. The largest absolute Gasteiger partial charge is 0.339 e. The van der Waals surface area contributed by atoms with Gasteiger partial charge in [0, 0.05) is 27.6 Å². The van der Waals surface area contributed by atoms with Crippen LogP contribution in [0.15, 0.2) is 25.7 Å². The molecule has 1 aliphatic rings. The van der Waals surface area contributed by atoms with Crippen molar-refractivity contribution in [2.24, 2.45) is 11.7 Å². The van der Waals surface area contributed by atoms with Crippen LogP contribution < -0.4 is 5.73 Å². The van der Waals surface area contributed by atoms with E-state index in [4.69, 9.17) is 10.3 Å². The second kappa shape index (κ2) is 5.30. The fraction of sp³-hybridized carbons (Fsp3) is 0.417. The number of nitrogens with two attached hydrogens (primary N) is 1. The van der Waals surface area contributed by atoms with Gasteiger partial charge in [-0.3, -0.25) is 4.98 Å². The number of rotatable bonds is 4. The molecule has 19 heavy (non-hydrogen) atoms. The lowest BCUT2D eigenvalue weighted by Crippen LogP contribution is -2.25. The van der Waals surface area contributed by atoms with E-state index in [0.29, 0.717) is 29.7 Å². The van der Waals surface area contributed by atoms with Crippen molar-refractivity contribution in [1.29, 1.82) is 0 Å². The predicted octanol–water partition coefficient (Wildman–Crippen LogP) is 2.94. The third kappa shape index (κ3) is 3.04. The summed E-state index contributed by atoms with van der Waals surface area (Å²) < 4.78 is 6.95. The average Bonchev–Trinajstić information content (AvgIpc) is 3.11. The standard InChI is InChI=1S/C12H12Br2N4O/c13-7-3-8(14)11(16-5-7)12-17-10(19-18-12)4-9(15)6-1-2-6/h3,5-6,9H,1-2,4,15H2. The van der Waals surface area contributed by atoms with Gasteiger partial charge in [-0.2, -0.15) is 4.98 Å². The maximum atomic E-state index is 6.05. The Kier molecular flexibility index (Phi) is 3.68. The molecule has 1 unspecified atom stereocenters. The molecule has 1 aliphatic carbocycles. The molecule has 1 atom stereocenters. The van der Waals surface area contributed by atoms with Gasteiger partial charge in [-0.05, 0) is 56.7 Å². The first-order valence-corrected chi connectivity index (χ1v) is 7.61. The summed E-state index contributed by atoms with van der Waals surface area (Å²) in [5.41, 5.74) is 6.71. The average molecular weight is 388 g/mol. The molecule has 0 radical (unpaired) electrons. The molecule has 0 aromatic carbocycles. The molecule has 100 valence electrons. The minimum atomic E-state index is 0.120. The van der Waals surface area contributed by atoms with Gasteiger partial charge in [0.25, 0.3) is 0 Å². The molecule has 0 saturated heterocycles. The number of hydrogen-bond acceptors (Lipinski definition) is 5. The van der Waals surface area contributed by atoms with E-state index in [1.807, 2.05) is 6.07 Å². The molecule has 7 heteroatoms. The van der Waals surface area contributed by atoms with Crippen molar-refractivity contribution in [2.45, 2.75) is 25.3 Å². The Hall–Kier alpha value is -0.790. The highest BCUT2D eigenvalue weighted by Crippen LogP contribution is 2.33. The third-order valence-electron chi connectivity index (χ3n) is 3.13. The summed E-state index contributed by atoms with van der Waals surface area (Å²) >= 11 is 6.79. The van der Waals surface area contributed by atoms with E-state index in [1.54, 1.807) is 6.20 Å². The normalized spacial score (nSPS) is 16.6. The van der Waals surface area contributed by atoms with Gasteiger partial charge < -0.3 is 10.3 Å². The van der Waals surface area contributed by atoms with Crippen molar-refractivity contribution >= 4 is 31.9 Å². The molecule has 0 bridgehead atoms. The fourth-order valence-corrected chi connectivity index (χ4v) is 3.07. The van der Waals surface area contributed by atoms with Crippen molar-refractivity contribution in [3.63, 3.8) is 0 Å². The van der Waals surface area contributed by atoms with E-state index in [0.717, 1.165) is 8.95 Å². The van der Waals surface area contributed by atoms with E-state index in [-0.39, 0.29) is 6.04 Å². The molecule has 0 aliphatic heterocycles. The summed E-state index contributed by atoms with van der Waals surface area (Å²) in [4.78, 5) is 8.63. The van der Waals surface area contributed by atoms with Crippen LogP contribution in [0.1, 0.15) is 18.7 Å². The van der Waals surface area contributed by atoms with E-state index >= 15 is 0 Å². The second-order valence-corrected chi connectivity index (χ2v) is 6.47. The van der Waals surface area contributed by atoms with Gasteiger partial charge in [0.05, 0.1) is 0 Å². The van der Waals surface area contributed by atoms with Crippen molar-refractivity contribution in [2.75, 3.05) is 0 Å². The van der Waals surface area contributed by atoms with Gasteiger partial charge in [0.1, 0.15) is 5.69 Å². The minimum Gasteiger partial charge on any atom is -0.339 e. The van der Waals surface area contributed by atoms with Crippen molar-refractivity contribution in [3.05, 3.63) is 27.1 Å². The van der Waals surface area contributed by atoms with E-state index < -0.39 is 0 Å². The van der Waals surface area contributed by atoms with Crippen LogP contribution in [0.2, 0.25) is 0 Å². The first-order chi connectivity index (χ1) is 9.13. The summed E-state index contributed by atoms with van der Waals surface area (Å²) in [6.45, 7) is 0. The van der Waals surface area contributed by atoms with Crippen molar-refractivity contribution in [1.82, 2.24) is 15.1 Å². The van der Waals surface area contributed by atoms with E-state index in [2.05, 4.69) is 47.0 Å². The van der Waals surface area contributed by atoms with Gasteiger partial charge in [-0.1, -0.05) is 5.16 Å². The molecule has 1 fully saturated rings. The van der Waals surface area contributed by atoms with E-state index in [1.165, 1.54) is 12.8 Å². The number of pyridine rings is 1. The lowest BCUT2D eigenvalue weighted by molar-refractivity contribution is 0.363. The number of nitrogens with zero attached hydrogens (tertiary/aromatic N) is 3. The predicted molar refractivity (Wildman–Crippen MR) is 77.3 cm³/mol. The van der Waals surface area contributed by atoms with Crippen LogP contribution in [-0.2, 0) is 6.42 Å². The van der Waals surface area contributed by atoms with Gasteiger partial charge in [-0.25, -0.2) is 0 Å². The Balaban J connectivity index is 1.79. The molecule has 2 N–H and O–H groups in total. The maximum absolute atomic E-state index is 6.05. The topological polar surface area (TPSA) is 77.8 Å². The number of halogens is 2. The summed E-state index contributed by atoms with van der Waals surface area (Å²) in [5, 5.41) is 3.96. The Labute approximate surface area is 127 Å². The van der Waals surface area contributed by atoms with Crippen LogP contribution in [-0.4, -0.2) is 21.2 Å². The highest BCUT2D eigenvalue weighted by molar-refractivity contribution is 9.11. The lowest BCUT2D eigenvalue weighted by Gasteiger charge is -2.04. The fourth-order valence-electron chi connectivity index (χ4n) is 1.91. The summed E-state index contributed by atoms with van der Waals surface area (Å²) in [5.74, 6) is 1.68. The molecule has 2 aromatic heterocycles. The monoisotopic (exact) mass is 386 g/mol. The molecule has 3 rings (SSSR count). The van der Waals surface area contributed by atoms with Crippen LogP contribution in [0.4, 0.5) is 0 Å². The Bertz CT molecular complexity index is 597. The summed E-state index contributed by atoms with van der Waals surface area (Å²) in [6, 6.07) is 2.02. The maximum Gasteiger partial charge on any atom is 0.228 e. The molecule has 2 aromatic rings. The highest BCUT2D eigenvalue weighted by Gasteiger charge is 2.30. The van der Waals surface area contributed by atoms with Crippen molar-refractivity contribution in [3.8, 4) is 11.5 Å². The molecule has 0 spiro atoms. The third-order valence-corrected chi connectivity index (χ3v) is 4.16. The minimum absolute atomic E-state index is 0.120. The molecule has 1 saturated carbocycles. The summed E-state index contributed by atoms with van der Waals surface area (Å²) in [7, 11) is 0. The van der Waals surface area contributed by atoms with Gasteiger partial charge in [-0.15, -0.1) is 0 Å². The van der Waals surface area contributed by atoms with Gasteiger partial charge in [0.2, 0.25) is 11.7 Å². The highest BCUT2D eigenvalue weighted by atomic mass is 79.9. The van der Waals surface area contributed by atoms with Crippen LogP contribution in [0, 0.1) is 5.92 Å². The van der Waals surface area contributed by atoms with Crippen molar-refractivity contribution < 1.29 is 4.52 Å². The van der Waals surface area contributed by atoms with E-state index in [9.17, 15) is 0 Å². The van der Waals surface area contributed by atoms with Gasteiger partial charge in [0.15, 0.2) is 0 Å². The zero-order valence-corrected chi connectivity index (χ0v) is 13.2. The molecular formula is C12H12Br2N4O. The van der Waals surface area contributed by atoms with Crippen LogP contribution in [0.25, 0.3) is 11.5 Å². The number of aromatic nitrogens is 3. The quantitative estimate of drug-likeness (QED) is 0.872. The molecule has 0 amide bonds. The first-order valence-electron chi connectivity index (χ1n) is 6.03. The smallest absolute Gasteiger partial charge is 0.228 e. The Morgan fingerprint density at radius 2 is 2.21 bits per heavy atom. The Morgan fingerprint density at radius 1 is 1.42 bits per heavy atom. The van der Waals surface area contributed by atoms with Crippen LogP contribution >= 0.6 is 31.9 Å². The first kappa shape index (κ1) is 13.2. The zero-order chi connectivity index (χ0) is 13.4. The Morgan fingerprint density at radius 3 is 2.89 bits per heavy atom. The summed E-state index contributed by atoms with van der Waals surface area (Å²) in [6.07, 6.45) is 4.75. The van der Waals surface area contributed by atoms with Gasteiger partial charge >= 0.3 is 0 Å². The molecule has 2 heterocycles.